The highest BCUT2D eigenvalue weighted by Gasteiger charge is 2.37. The van der Waals surface area contributed by atoms with Gasteiger partial charge in [0.05, 0.1) is 18.2 Å². The van der Waals surface area contributed by atoms with Crippen molar-refractivity contribution in [2.45, 2.75) is 19.9 Å². The van der Waals surface area contributed by atoms with E-state index >= 15 is 0 Å². The summed E-state index contributed by atoms with van der Waals surface area (Å²) in [5.74, 6) is -0.718. The number of anilines is 1. The van der Waals surface area contributed by atoms with Crippen molar-refractivity contribution >= 4 is 34.5 Å². The lowest BCUT2D eigenvalue weighted by molar-refractivity contribution is -0.402. The molecule has 0 saturated carbocycles. The Balaban J connectivity index is 2.15. The van der Waals surface area contributed by atoms with Crippen molar-refractivity contribution < 1.29 is 18.9 Å². The maximum atomic E-state index is 12.7. The van der Waals surface area contributed by atoms with Crippen LogP contribution in [0.5, 0.6) is 0 Å². The molecule has 1 aromatic heterocycles. The number of carbonyl (C=O) groups excluding carboxylic acids is 1. The quantitative estimate of drug-likeness (QED) is 0.418. The average Bonchev–Trinajstić information content (AvgIpc) is 3.18. The largest absolute Gasteiger partial charge is 0.463 e. The van der Waals surface area contributed by atoms with Gasteiger partial charge in [-0.05, 0) is 38.3 Å². The third-order valence-corrected chi connectivity index (χ3v) is 4.84. The molecule has 1 atom stereocenters. The van der Waals surface area contributed by atoms with Crippen LogP contribution in [0.3, 0.4) is 0 Å². The first-order valence-electron chi connectivity index (χ1n) is 8.56. The molecule has 0 radical (unpaired) electrons. The van der Waals surface area contributed by atoms with Gasteiger partial charge < -0.3 is 9.15 Å². The zero-order valence-corrected chi connectivity index (χ0v) is 16.4. The molecule has 0 unspecified atom stereocenters. The van der Waals surface area contributed by atoms with Gasteiger partial charge in [0.15, 0.2) is 5.17 Å². The van der Waals surface area contributed by atoms with Crippen LogP contribution in [0, 0.1) is 10.1 Å². The highest BCUT2D eigenvalue weighted by Crippen LogP contribution is 2.39. The molecule has 146 valence electrons. The van der Waals surface area contributed by atoms with Crippen LogP contribution in [0.25, 0.3) is 0 Å². The zero-order chi connectivity index (χ0) is 20.3. The monoisotopic (exact) mass is 401 g/mol. The maximum absolute atomic E-state index is 12.7. The van der Waals surface area contributed by atoms with Gasteiger partial charge in [-0.25, -0.2) is 9.79 Å². The summed E-state index contributed by atoms with van der Waals surface area (Å²) in [4.78, 5) is 29.7. The van der Waals surface area contributed by atoms with E-state index in [0.29, 0.717) is 10.9 Å². The van der Waals surface area contributed by atoms with E-state index in [1.807, 2.05) is 41.5 Å². The first-order chi connectivity index (χ1) is 13.5. The summed E-state index contributed by atoms with van der Waals surface area (Å²) < 4.78 is 10.6. The topological polar surface area (TPSA) is 98.2 Å². The lowest BCUT2D eigenvalue weighted by Gasteiger charge is -2.33. The van der Waals surface area contributed by atoms with Crippen molar-refractivity contribution in [3.8, 4) is 0 Å². The summed E-state index contributed by atoms with van der Waals surface area (Å²) in [5.41, 5.74) is 1.76. The number of furan rings is 1. The molecule has 28 heavy (non-hydrogen) atoms. The van der Waals surface area contributed by atoms with Gasteiger partial charge in [-0.3, -0.25) is 15.0 Å². The Labute approximate surface area is 166 Å². The fraction of sp³-hybridized carbons (Fsp3) is 0.263. The second-order valence-corrected chi connectivity index (χ2v) is 6.62. The minimum Gasteiger partial charge on any atom is -0.463 e. The van der Waals surface area contributed by atoms with Gasteiger partial charge in [-0.2, -0.15) is 0 Å². The van der Waals surface area contributed by atoms with Crippen molar-refractivity contribution in [1.29, 1.82) is 0 Å². The molecule has 0 spiro atoms. The molecule has 1 aliphatic heterocycles. The summed E-state index contributed by atoms with van der Waals surface area (Å²) in [5, 5.41) is 11.6. The standard InChI is InChI=1S/C19H19N3O5S/c1-4-26-18(23)16-12(2)21(13-8-6-5-7-9-13)19(28-3)20-17(16)14-10-11-15(27-14)22(24)25/h5-11,17H,4H2,1-3H3/t17-/m1/s1. The van der Waals surface area contributed by atoms with Crippen LogP contribution in [0.4, 0.5) is 11.6 Å². The molecule has 0 bridgehead atoms. The van der Waals surface area contributed by atoms with Gasteiger partial charge >= 0.3 is 11.9 Å². The van der Waals surface area contributed by atoms with E-state index in [0.717, 1.165) is 5.69 Å². The Hall–Kier alpha value is -3.07. The zero-order valence-electron chi connectivity index (χ0n) is 15.6. The summed E-state index contributed by atoms with van der Waals surface area (Å²) in [7, 11) is 0. The molecule has 0 N–H and O–H groups in total. The maximum Gasteiger partial charge on any atom is 0.433 e. The average molecular weight is 401 g/mol. The number of aliphatic imine (C=N–C) groups is 1. The molecule has 0 saturated heterocycles. The number of hydrogen-bond acceptors (Lipinski definition) is 8. The predicted molar refractivity (Wildman–Crippen MR) is 107 cm³/mol. The Morgan fingerprint density at radius 2 is 2.04 bits per heavy atom. The van der Waals surface area contributed by atoms with Crippen LogP contribution in [0.1, 0.15) is 25.6 Å². The number of nitro groups is 1. The molecule has 3 rings (SSSR count). The minimum atomic E-state index is -0.824. The predicted octanol–water partition coefficient (Wildman–Crippen LogP) is 4.31. The number of esters is 1. The van der Waals surface area contributed by atoms with Crippen LogP contribution in [0.2, 0.25) is 0 Å². The number of para-hydroxylation sites is 1. The van der Waals surface area contributed by atoms with E-state index in [9.17, 15) is 14.9 Å². The number of thioether (sulfide) groups is 1. The highest BCUT2D eigenvalue weighted by atomic mass is 32.2. The van der Waals surface area contributed by atoms with E-state index in [1.54, 1.807) is 13.8 Å². The number of carbonyl (C=O) groups is 1. The normalized spacial score (nSPS) is 16.8. The fourth-order valence-electron chi connectivity index (χ4n) is 2.98. The third-order valence-electron chi connectivity index (χ3n) is 4.18. The van der Waals surface area contributed by atoms with E-state index in [1.165, 1.54) is 23.9 Å². The fourth-order valence-corrected chi connectivity index (χ4v) is 3.62. The molecule has 8 nitrogen and oxygen atoms in total. The van der Waals surface area contributed by atoms with Crippen molar-refractivity contribution in [2.24, 2.45) is 4.99 Å². The van der Waals surface area contributed by atoms with Crippen molar-refractivity contribution in [2.75, 3.05) is 17.8 Å². The molecule has 2 heterocycles. The summed E-state index contributed by atoms with van der Waals surface area (Å²) in [6.07, 6.45) is 1.87. The number of hydrogen-bond donors (Lipinski definition) is 0. The number of allylic oxidation sites excluding steroid dienone is 1. The van der Waals surface area contributed by atoms with Crippen LogP contribution >= 0.6 is 11.8 Å². The number of amidine groups is 1. The van der Waals surface area contributed by atoms with Gasteiger partial charge in [0.1, 0.15) is 16.7 Å². The van der Waals surface area contributed by atoms with Gasteiger partial charge in [0.25, 0.3) is 0 Å². The molecular weight excluding hydrogens is 382 g/mol. The Kier molecular flexibility index (Phi) is 5.84. The third kappa shape index (κ3) is 3.65. The molecular formula is C19H19N3O5S. The Morgan fingerprint density at radius 3 is 2.61 bits per heavy atom. The van der Waals surface area contributed by atoms with E-state index in [-0.39, 0.29) is 17.9 Å². The van der Waals surface area contributed by atoms with Crippen LogP contribution in [0.15, 0.2) is 63.1 Å². The smallest absolute Gasteiger partial charge is 0.433 e. The Bertz CT molecular complexity index is 951. The number of nitrogens with zero attached hydrogens (tertiary/aromatic N) is 3. The lowest BCUT2D eigenvalue weighted by atomic mass is 10.0. The minimum absolute atomic E-state index is 0.199. The van der Waals surface area contributed by atoms with Gasteiger partial charge in [-0.1, -0.05) is 30.0 Å². The number of benzene rings is 1. The van der Waals surface area contributed by atoms with E-state index in [2.05, 4.69) is 4.99 Å². The van der Waals surface area contributed by atoms with Crippen molar-refractivity contribution in [1.82, 2.24) is 0 Å². The molecule has 2 aromatic rings. The number of rotatable bonds is 5. The summed E-state index contributed by atoms with van der Waals surface area (Å²) in [6, 6.07) is 11.4. The lowest BCUT2D eigenvalue weighted by Crippen LogP contribution is -2.35. The first-order valence-corrected chi connectivity index (χ1v) is 9.79. The SMILES string of the molecule is CCOC(=O)C1=C(C)N(c2ccccc2)C(SC)=N[C@@H]1c1ccc([N+](=O)[O-])o1. The van der Waals surface area contributed by atoms with Crippen molar-refractivity contribution in [3.05, 3.63) is 69.6 Å². The molecule has 0 aliphatic carbocycles. The second kappa shape index (κ2) is 8.30. The van der Waals surface area contributed by atoms with Gasteiger partial charge in [0.2, 0.25) is 0 Å². The second-order valence-electron chi connectivity index (χ2n) is 5.84. The molecule has 9 heteroatoms. The summed E-state index contributed by atoms with van der Waals surface area (Å²) >= 11 is 1.41. The van der Waals surface area contributed by atoms with Crippen LogP contribution in [-0.4, -0.2) is 28.9 Å². The molecule has 1 aliphatic rings. The van der Waals surface area contributed by atoms with Crippen LogP contribution in [-0.2, 0) is 9.53 Å². The van der Waals surface area contributed by atoms with E-state index < -0.39 is 22.8 Å². The summed E-state index contributed by atoms with van der Waals surface area (Å²) in [6.45, 7) is 3.72. The first kappa shape index (κ1) is 19.7. The van der Waals surface area contributed by atoms with Gasteiger partial charge in [-0.15, -0.1) is 0 Å². The molecule has 0 fully saturated rings. The van der Waals surface area contributed by atoms with Crippen molar-refractivity contribution in [3.63, 3.8) is 0 Å². The Morgan fingerprint density at radius 1 is 1.32 bits per heavy atom. The molecule has 0 amide bonds. The van der Waals surface area contributed by atoms with E-state index in [4.69, 9.17) is 9.15 Å². The van der Waals surface area contributed by atoms with Crippen LogP contribution < -0.4 is 4.90 Å². The van der Waals surface area contributed by atoms with Gasteiger partial charge in [0, 0.05) is 11.4 Å². The highest BCUT2D eigenvalue weighted by molar-refractivity contribution is 8.13. The molecule has 1 aromatic carbocycles. The number of ether oxygens (including phenoxy) is 1.